The minimum Gasteiger partial charge on any atom is -0.462 e. The van der Waals surface area contributed by atoms with Crippen LogP contribution in [0.2, 0.25) is 0 Å². The number of hydrogen-bond acceptors (Lipinski definition) is 6. The molecule has 0 spiro atoms. The van der Waals surface area contributed by atoms with E-state index in [1.807, 2.05) is 0 Å². The van der Waals surface area contributed by atoms with Crippen LogP contribution in [0.1, 0.15) is 278 Å². The maximum Gasteiger partial charge on any atom is 0.306 e. The molecule has 6 heteroatoms. The van der Waals surface area contributed by atoms with Crippen molar-refractivity contribution in [3.05, 3.63) is 146 Å². The Bertz CT molecular complexity index is 1730. The van der Waals surface area contributed by atoms with Crippen molar-refractivity contribution in [2.75, 3.05) is 13.2 Å². The van der Waals surface area contributed by atoms with Gasteiger partial charge in [-0.1, -0.05) is 263 Å². The van der Waals surface area contributed by atoms with Crippen molar-refractivity contribution < 1.29 is 28.6 Å². The van der Waals surface area contributed by atoms with Gasteiger partial charge in [-0.05, 0) is 141 Å². The molecule has 0 saturated heterocycles. The molecule has 0 fully saturated rings. The van der Waals surface area contributed by atoms with Gasteiger partial charge in [0.15, 0.2) is 6.10 Å². The molecule has 1 atom stereocenters. The van der Waals surface area contributed by atoms with E-state index >= 15 is 0 Å². The Balaban J connectivity index is 4.47. The number of rotatable bonds is 57. The van der Waals surface area contributed by atoms with Gasteiger partial charge in [0.2, 0.25) is 0 Å². The summed E-state index contributed by atoms with van der Waals surface area (Å²) in [5.41, 5.74) is 0. The van der Waals surface area contributed by atoms with Gasteiger partial charge in [-0.2, -0.15) is 0 Å². The Morgan fingerprint density at radius 1 is 0.266 bits per heavy atom. The lowest BCUT2D eigenvalue weighted by Crippen LogP contribution is -2.30. The second kappa shape index (κ2) is 65.8. The fraction of sp³-hybridized carbons (Fsp3) is 0.630. The van der Waals surface area contributed by atoms with Gasteiger partial charge in [0.05, 0.1) is 0 Å². The molecule has 1 unspecified atom stereocenters. The largest absolute Gasteiger partial charge is 0.462 e. The maximum absolute atomic E-state index is 12.9. The van der Waals surface area contributed by atoms with Gasteiger partial charge in [-0.25, -0.2) is 0 Å². The van der Waals surface area contributed by atoms with Crippen molar-refractivity contribution in [2.24, 2.45) is 0 Å². The topological polar surface area (TPSA) is 78.9 Å². The van der Waals surface area contributed by atoms with Gasteiger partial charge in [-0.15, -0.1) is 0 Å². The Kier molecular flexibility index (Phi) is 61.9. The van der Waals surface area contributed by atoms with Crippen LogP contribution < -0.4 is 0 Å². The Hall–Kier alpha value is -4.71. The molecule has 0 rings (SSSR count). The van der Waals surface area contributed by atoms with Crippen molar-refractivity contribution in [3.8, 4) is 0 Å². The monoisotopic (exact) mass is 1090 g/mol. The van der Waals surface area contributed by atoms with Crippen LogP contribution >= 0.6 is 0 Å². The van der Waals surface area contributed by atoms with Gasteiger partial charge in [0.25, 0.3) is 0 Å². The summed E-state index contributed by atoms with van der Waals surface area (Å²) in [6.45, 7) is 6.36. The van der Waals surface area contributed by atoms with Gasteiger partial charge >= 0.3 is 17.9 Å². The zero-order valence-electron chi connectivity index (χ0n) is 51.1. The molecule has 6 nitrogen and oxygen atoms in total. The molecule has 0 saturated carbocycles. The molecule has 0 amide bonds. The smallest absolute Gasteiger partial charge is 0.306 e. The standard InChI is InChI=1S/C73H118O6/c1-4-7-10-13-16-19-22-25-28-31-33-34-35-36-37-38-40-42-45-48-51-54-57-60-63-66-72(75)78-69-70(68-77-71(74)65-62-59-56-53-50-47-44-41-30-27-24-21-18-15-12-9-6-3)79-73(76)67-64-61-58-55-52-49-46-43-39-32-29-26-23-20-17-14-11-8-5-2/h8-9,11-12,17-18,20-22,25-27,29-31,33,35-36,39,43-44,47,49,52,70H,4-7,10,13-16,19,23-24,28,32,34,37-38,40-42,45-46,48,50-51,53-69H2,1-3H3/b11-8-,12-9-,20-17-,21-18-,25-22-,29-26-,30-27-,33-31-,36-35-,43-39-,47-44-,52-49-. The molecule has 0 heterocycles. The maximum atomic E-state index is 12.9. The molecular formula is C73H118O6. The van der Waals surface area contributed by atoms with Crippen LogP contribution in [-0.2, 0) is 28.6 Å². The number of esters is 3. The SMILES string of the molecule is CC/C=C\C/C=C\C/C=C\C/C=C\C/C=C\CCCCCC(=O)OC(COC(=O)CCCCCC/C=C\C/C=C\C/C=C\C/C=C\CC)COC(=O)CCCCCCCCCCCC/C=C\C/C=C\C/C=C\CCCCCCC. The molecule has 446 valence electrons. The van der Waals surface area contributed by atoms with Crippen molar-refractivity contribution in [3.63, 3.8) is 0 Å². The summed E-state index contributed by atoms with van der Waals surface area (Å²) in [4.78, 5) is 38.4. The lowest BCUT2D eigenvalue weighted by Gasteiger charge is -2.18. The van der Waals surface area contributed by atoms with Crippen LogP contribution in [0, 0.1) is 0 Å². The normalized spacial score (nSPS) is 13.1. The number of allylic oxidation sites excluding steroid dienone is 24. The molecule has 0 aliphatic carbocycles. The number of carbonyl (C=O) groups excluding carboxylic acids is 3. The summed E-state index contributed by atoms with van der Waals surface area (Å²) in [6, 6.07) is 0. The lowest BCUT2D eigenvalue weighted by molar-refractivity contribution is -0.167. The first-order valence-electron chi connectivity index (χ1n) is 32.3. The quantitative estimate of drug-likeness (QED) is 0.0261. The highest BCUT2D eigenvalue weighted by molar-refractivity contribution is 5.71. The predicted molar refractivity (Wildman–Crippen MR) is 343 cm³/mol. The Labute approximate surface area is 487 Å². The highest BCUT2D eigenvalue weighted by Crippen LogP contribution is 2.15. The minimum atomic E-state index is -0.816. The lowest BCUT2D eigenvalue weighted by atomic mass is 10.1. The van der Waals surface area contributed by atoms with Gasteiger partial charge < -0.3 is 14.2 Å². The molecule has 0 aromatic carbocycles. The average Bonchev–Trinajstić information content (AvgIpc) is 3.45. The number of carbonyl (C=O) groups is 3. The van der Waals surface area contributed by atoms with E-state index < -0.39 is 6.10 Å². The molecular weight excluding hydrogens is 973 g/mol. The average molecular weight is 1090 g/mol. The van der Waals surface area contributed by atoms with Crippen molar-refractivity contribution >= 4 is 17.9 Å². The van der Waals surface area contributed by atoms with Crippen LogP contribution in [0.5, 0.6) is 0 Å². The fourth-order valence-electron chi connectivity index (χ4n) is 8.53. The van der Waals surface area contributed by atoms with Gasteiger partial charge in [0.1, 0.15) is 13.2 Å². The van der Waals surface area contributed by atoms with Crippen LogP contribution in [0.3, 0.4) is 0 Å². The van der Waals surface area contributed by atoms with E-state index in [1.165, 1.54) is 89.9 Å². The number of hydrogen-bond donors (Lipinski definition) is 0. The highest BCUT2D eigenvalue weighted by Gasteiger charge is 2.19. The Morgan fingerprint density at radius 2 is 0.494 bits per heavy atom. The molecule has 0 aromatic heterocycles. The zero-order valence-corrected chi connectivity index (χ0v) is 51.1. The third-order valence-electron chi connectivity index (χ3n) is 13.3. The predicted octanol–water partition coefficient (Wildman–Crippen LogP) is 22.3. The molecule has 0 aliphatic rings. The van der Waals surface area contributed by atoms with E-state index in [9.17, 15) is 14.4 Å². The van der Waals surface area contributed by atoms with E-state index in [-0.39, 0.29) is 37.5 Å². The van der Waals surface area contributed by atoms with E-state index in [0.717, 1.165) is 141 Å². The summed E-state index contributed by atoms with van der Waals surface area (Å²) >= 11 is 0. The zero-order chi connectivity index (χ0) is 57.1. The Morgan fingerprint density at radius 3 is 0.785 bits per heavy atom. The molecule has 0 aliphatic heterocycles. The summed E-state index contributed by atoms with van der Waals surface area (Å²) < 4.78 is 16.9. The first kappa shape index (κ1) is 74.3. The van der Waals surface area contributed by atoms with Crippen molar-refractivity contribution in [1.82, 2.24) is 0 Å². The third kappa shape index (κ3) is 64.0. The molecule has 0 bridgehead atoms. The second-order valence-electron chi connectivity index (χ2n) is 20.9. The van der Waals surface area contributed by atoms with Crippen molar-refractivity contribution in [1.29, 1.82) is 0 Å². The van der Waals surface area contributed by atoms with E-state index in [2.05, 4.69) is 167 Å². The summed E-state index contributed by atoms with van der Waals surface area (Å²) in [6.07, 6.45) is 94.2. The van der Waals surface area contributed by atoms with E-state index in [0.29, 0.717) is 19.3 Å². The second-order valence-corrected chi connectivity index (χ2v) is 20.9. The molecule has 0 aromatic rings. The van der Waals surface area contributed by atoms with Crippen LogP contribution in [0.25, 0.3) is 0 Å². The first-order chi connectivity index (χ1) is 39.0. The molecule has 0 N–H and O–H groups in total. The molecule has 0 radical (unpaired) electrons. The van der Waals surface area contributed by atoms with Crippen molar-refractivity contribution in [2.45, 2.75) is 284 Å². The number of ether oxygens (including phenoxy) is 3. The number of unbranched alkanes of at least 4 members (excludes halogenated alkanes) is 22. The summed E-state index contributed by atoms with van der Waals surface area (Å²) in [5.74, 6) is -0.968. The van der Waals surface area contributed by atoms with Crippen LogP contribution in [0.4, 0.5) is 0 Å². The summed E-state index contributed by atoms with van der Waals surface area (Å²) in [5, 5.41) is 0. The summed E-state index contributed by atoms with van der Waals surface area (Å²) in [7, 11) is 0. The molecule has 79 heavy (non-hydrogen) atoms. The van der Waals surface area contributed by atoms with E-state index in [1.54, 1.807) is 0 Å². The van der Waals surface area contributed by atoms with Gasteiger partial charge in [-0.3, -0.25) is 14.4 Å². The first-order valence-corrected chi connectivity index (χ1v) is 32.3. The van der Waals surface area contributed by atoms with Gasteiger partial charge in [0, 0.05) is 19.3 Å². The minimum absolute atomic E-state index is 0.107. The third-order valence-corrected chi connectivity index (χ3v) is 13.3. The highest BCUT2D eigenvalue weighted by atomic mass is 16.6. The van der Waals surface area contributed by atoms with Crippen LogP contribution in [-0.4, -0.2) is 37.2 Å². The van der Waals surface area contributed by atoms with Crippen LogP contribution in [0.15, 0.2) is 146 Å². The fourth-order valence-corrected chi connectivity index (χ4v) is 8.53. The van der Waals surface area contributed by atoms with E-state index in [4.69, 9.17) is 14.2 Å².